The van der Waals surface area contributed by atoms with Crippen LogP contribution in [0.1, 0.15) is 50.6 Å². The van der Waals surface area contributed by atoms with Crippen LogP contribution in [0.5, 0.6) is 5.75 Å². The molecule has 0 saturated carbocycles. The number of ketones is 1. The lowest BCUT2D eigenvalue weighted by Gasteiger charge is -2.23. The smallest absolute Gasteiger partial charge is 0.350 e. The maximum atomic E-state index is 13.5. The lowest BCUT2D eigenvalue weighted by atomic mass is 9.93. The third-order valence-electron chi connectivity index (χ3n) is 6.35. The van der Waals surface area contributed by atoms with Gasteiger partial charge in [-0.2, -0.15) is 0 Å². The Morgan fingerprint density at radius 3 is 2.50 bits per heavy atom. The summed E-state index contributed by atoms with van der Waals surface area (Å²) in [5.74, 6) is -1.98. The number of hydrogen-bond acceptors (Lipinski definition) is 8. The van der Waals surface area contributed by atoms with Crippen molar-refractivity contribution in [3.8, 4) is 5.75 Å². The number of aliphatic hydroxyl groups is 1. The van der Waals surface area contributed by atoms with Gasteiger partial charge in [0.1, 0.15) is 23.0 Å². The Bertz CT molecular complexity index is 1450. The first-order chi connectivity index (χ1) is 18.2. The van der Waals surface area contributed by atoms with E-state index in [-0.39, 0.29) is 27.9 Å². The SMILES string of the molecule is C=CCOC(=O)c1sc(N2C(=O)C(=O)C(=C(O)c3ccc(OC)cc3C)[C@H]2c2ccc(CC)cc2)nc1C. The summed E-state index contributed by atoms with van der Waals surface area (Å²) in [7, 11) is 1.54. The molecule has 0 unspecified atom stereocenters. The molecule has 3 aromatic rings. The van der Waals surface area contributed by atoms with Crippen LogP contribution in [0, 0.1) is 13.8 Å². The predicted octanol–water partition coefficient (Wildman–Crippen LogP) is 5.30. The van der Waals surface area contributed by atoms with Gasteiger partial charge < -0.3 is 14.6 Å². The minimum Gasteiger partial charge on any atom is -0.507 e. The zero-order valence-corrected chi connectivity index (χ0v) is 22.4. The monoisotopic (exact) mass is 532 g/mol. The zero-order valence-electron chi connectivity index (χ0n) is 21.6. The summed E-state index contributed by atoms with van der Waals surface area (Å²) < 4.78 is 10.4. The van der Waals surface area contributed by atoms with Gasteiger partial charge in [0, 0.05) is 5.56 Å². The summed E-state index contributed by atoms with van der Waals surface area (Å²) in [6.45, 7) is 9.01. The highest BCUT2D eigenvalue weighted by Crippen LogP contribution is 2.44. The summed E-state index contributed by atoms with van der Waals surface area (Å²) >= 11 is 0.957. The van der Waals surface area contributed by atoms with Crippen molar-refractivity contribution in [3.63, 3.8) is 0 Å². The summed E-state index contributed by atoms with van der Waals surface area (Å²) in [4.78, 5) is 45.4. The van der Waals surface area contributed by atoms with Gasteiger partial charge in [0.05, 0.1) is 24.4 Å². The maximum Gasteiger partial charge on any atom is 0.350 e. The molecule has 2 aromatic carbocycles. The van der Waals surface area contributed by atoms with Crippen LogP contribution in [-0.2, 0) is 20.7 Å². The Hall–Kier alpha value is -4.24. The number of thiazole rings is 1. The number of amides is 1. The largest absolute Gasteiger partial charge is 0.507 e. The number of carbonyl (C=O) groups excluding carboxylic acids is 3. The quantitative estimate of drug-likeness (QED) is 0.138. The molecule has 1 aromatic heterocycles. The second kappa shape index (κ2) is 11.0. The van der Waals surface area contributed by atoms with E-state index in [1.54, 1.807) is 32.0 Å². The van der Waals surface area contributed by atoms with Crippen LogP contribution in [0.25, 0.3) is 5.76 Å². The second-order valence-electron chi connectivity index (χ2n) is 8.74. The van der Waals surface area contributed by atoms with E-state index in [4.69, 9.17) is 9.47 Å². The molecule has 1 N–H and O–H groups in total. The summed E-state index contributed by atoms with van der Waals surface area (Å²) in [5, 5.41) is 11.6. The fraction of sp³-hybridized carbons (Fsp3) is 0.241. The maximum absolute atomic E-state index is 13.5. The molecule has 0 aliphatic carbocycles. The molecule has 1 atom stereocenters. The molecule has 38 heavy (non-hydrogen) atoms. The van der Waals surface area contributed by atoms with Crippen LogP contribution >= 0.6 is 11.3 Å². The van der Waals surface area contributed by atoms with Gasteiger partial charge in [-0.1, -0.05) is 55.2 Å². The first-order valence-electron chi connectivity index (χ1n) is 12.0. The molecule has 1 saturated heterocycles. The number of benzene rings is 2. The van der Waals surface area contributed by atoms with E-state index in [1.807, 2.05) is 31.2 Å². The van der Waals surface area contributed by atoms with Crippen molar-refractivity contribution in [2.75, 3.05) is 18.6 Å². The van der Waals surface area contributed by atoms with Crippen LogP contribution in [0.3, 0.4) is 0 Å². The number of aryl methyl sites for hydroxylation is 3. The molecule has 0 spiro atoms. The minimum atomic E-state index is -0.954. The van der Waals surface area contributed by atoms with Crippen LogP contribution in [0.2, 0.25) is 0 Å². The van der Waals surface area contributed by atoms with Crippen LogP contribution in [-0.4, -0.2) is 41.5 Å². The molecular weight excluding hydrogens is 504 g/mol. The molecule has 4 rings (SSSR count). The fourth-order valence-electron chi connectivity index (χ4n) is 4.33. The molecule has 1 aliphatic rings. The van der Waals surface area contributed by atoms with Crippen molar-refractivity contribution < 1.29 is 29.0 Å². The Morgan fingerprint density at radius 2 is 1.89 bits per heavy atom. The summed E-state index contributed by atoms with van der Waals surface area (Å²) in [5.41, 5.74) is 3.09. The lowest BCUT2D eigenvalue weighted by molar-refractivity contribution is -0.132. The average molecular weight is 533 g/mol. The topological polar surface area (TPSA) is 106 Å². The molecule has 0 bridgehead atoms. The van der Waals surface area contributed by atoms with E-state index in [1.165, 1.54) is 18.1 Å². The highest BCUT2D eigenvalue weighted by atomic mass is 32.1. The number of rotatable bonds is 8. The average Bonchev–Trinajstić information content (AvgIpc) is 3.43. The second-order valence-corrected chi connectivity index (χ2v) is 9.72. The van der Waals surface area contributed by atoms with Gasteiger partial charge in [0.15, 0.2) is 5.13 Å². The number of hydrogen-bond donors (Lipinski definition) is 1. The standard InChI is InChI=1S/C29H28N2O6S/c1-6-14-37-28(35)26-17(4)30-29(38-26)31-23(19-10-8-18(7-2)9-11-19)22(25(33)27(31)34)24(32)21-13-12-20(36-5)15-16(21)3/h6,8-13,15,23,32H,1,7,14H2,2-5H3/t23-/m1/s1. The first-order valence-corrected chi connectivity index (χ1v) is 12.8. The molecule has 1 amide bonds. The molecule has 1 fully saturated rings. The number of aliphatic hydroxyl groups excluding tert-OH is 1. The Kier molecular flexibility index (Phi) is 7.78. The molecule has 8 nitrogen and oxygen atoms in total. The number of nitrogens with zero attached hydrogens (tertiary/aromatic N) is 2. The van der Waals surface area contributed by atoms with E-state index >= 15 is 0 Å². The van der Waals surface area contributed by atoms with Crippen molar-refractivity contribution in [1.82, 2.24) is 4.98 Å². The number of anilines is 1. The third-order valence-corrected chi connectivity index (χ3v) is 7.48. The van der Waals surface area contributed by atoms with Gasteiger partial charge in [-0.25, -0.2) is 9.78 Å². The third kappa shape index (κ3) is 4.84. The summed E-state index contributed by atoms with van der Waals surface area (Å²) in [6, 6.07) is 11.6. The summed E-state index contributed by atoms with van der Waals surface area (Å²) in [6.07, 6.45) is 2.27. The number of Topliss-reactive ketones (excluding diaryl/α,β-unsaturated/α-hetero) is 1. The number of esters is 1. The van der Waals surface area contributed by atoms with Crippen LogP contribution < -0.4 is 9.64 Å². The number of carbonyl (C=O) groups is 3. The minimum absolute atomic E-state index is 0.0288. The van der Waals surface area contributed by atoms with Gasteiger partial charge in [-0.3, -0.25) is 14.5 Å². The van der Waals surface area contributed by atoms with E-state index in [0.717, 1.165) is 23.3 Å². The zero-order chi connectivity index (χ0) is 27.6. The number of ether oxygens (including phenoxy) is 2. The van der Waals surface area contributed by atoms with Gasteiger partial charge in [-0.05, 0) is 55.2 Å². The Labute approximate surface area is 224 Å². The van der Waals surface area contributed by atoms with Crippen molar-refractivity contribution >= 4 is 39.9 Å². The Morgan fingerprint density at radius 1 is 1.18 bits per heavy atom. The molecular formula is C29H28N2O6S. The van der Waals surface area contributed by atoms with Gasteiger partial charge >= 0.3 is 11.9 Å². The Balaban J connectivity index is 1.90. The molecule has 2 heterocycles. The molecule has 196 valence electrons. The van der Waals surface area contributed by atoms with Crippen LogP contribution in [0.15, 0.2) is 60.7 Å². The number of methoxy groups -OCH3 is 1. The van der Waals surface area contributed by atoms with Crippen molar-refractivity contribution in [2.45, 2.75) is 33.2 Å². The highest BCUT2D eigenvalue weighted by Gasteiger charge is 2.48. The van der Waals surface area contributed by atoms with E-state index < -0.39 is 23.7 Å². The van der Waals surface area contributed by atoms with E-state index in [0.29, 0.717) is 28.1 Å². The van der Waals surface area contributed by atoms with E-state index in [2.05, 4.69) is 11.6 Å². The molecule has 0 radical (unpaired) electrons. The van der Waals surface area contributed by atoms with Crippen molar-refractivity contribution in [2.24, 2.45) is 0 Å². The van der Waals surface area contributed by atoms with Gasteiger partial charge in [0.25, 0.3) is 5.78 Å². The van der Waals surface area contributed by atoms with Crippen LogP contribution in [0.4, 0.5) is 5.13 Å². The van der Waals surface area contributed by atoms with Crippen molar-refractivity contribution in [3.05, 3.63) is 93.5 Å². The normalized spacial score (nSPS) is 16.5. The number of aromatic nitrogens is 1. The van der Waals surface area contributed by atoms with Crippen molar-refractivity contribution in [1.29, 1.82) is 0 Å². The van der Waals surface area contributed by atoms with Gasteiger partial charge in [0.2, 0.25) is 0 Å². The first kappa shape index (κ1) is 26.8. The molecule has 9 heteroatoms. The van der Waals surface area contributed by atoms with Gasteiger partial charge in [-0.15, -0.1) is 0 Å². The predicted molar refractivity (Wildman–Crippen MR) is 146 cm³/mol. The molecule has 1 aliphatic heterocycles. The lowest BCUT2D eigenvalue weighted by Crippen LogP contribution is -2.29. The highest BCUT2D eigenvalue weighted by molar-refractivity contribution is 7.17. The fourth-order valence-corrected chi connectivity index (χ4v) is 5.32. The van der Waals surface area contributed by atoms with E-state index in [9.17, 15) is 19.5 Å².